The molecule has 1 aromatic carbocycles. The Balaban J connectivity index is 2.33. The van der Waals surface area contributed by atoms with Crippen LogP contribution in [0.2, 0.25) is 0 Å². The molecule has 0 bridgehead atoms. The molecule has 0 saturated heterocycles. The predicted octanol–water partition coefficient (Wildman–Crippen LogP) is 2.79. The van der Waals surface area contributed by atoms with Crippen molar-refractivity contribution in [3.8, 4) is 6.07 Å². The number of Topliss-reactive ketones (excluding diaryl/α,β-unsaturated/α-hetero) is 1. The van der Waals surface area contributed by atoms with E-state index >= 15 is 0 Å². The highest BCUT2D eigenvalue weighted by Gasteiger charge is 2.31. The van der Waals surface area contributed by atoms with Gasteiger partial charge in [-0.25, -0.2) is 0 Å². The van der Waals surface area contributed by atoms with Crippen LogP contribution in [0.15, 0.2) is 18.2 Å². The number of anilines is 1. The molecule has 98 valence electrons. The van der Waals surface area contributed by atoms with Crippen molar-refractivity contribution < 1.29 is 9.59 Å². The molecular weight excluding hydrogens is 240 g/mol. The molecule has 19 heavy (non-hydrogen) atoms. The summed E-state index contributed by atoms with van der Waals surface area (Å²) in [7, 11) is 0. The first kappa shape index (κ1) is 13.3. The molecule has 0 saturated carbocycles. The molecule has 0 spiro atoms. The molecule has 0 atom stereocenters. The highest BCUT2D eigenvalue weighted by molar-refractivity contribution is 6.01. The maximum absolute atomic E-state index is 12.0. The van der Waals surface area contributed by atoms with Crippen LogP contribution in [0, 0.1) is 11.3 Å². The van der Waals surface area contributed by atoms with Crippen LogP contribution in [0.5, 0.6) is 0 Å². The van der Waals surface area contributed by atoms with Crippen molar-refractivity contribution in [2.75, 3.05) is 5.32 Å². The first-order chi connectivity index (χ1) is 8.94. The van der Waals surface area contributed by atoms with Gasteiger partial charge in [0.25, 0.3) is 0 Å². The van der Waals surface area contributed by atoms with Crippen LogP contribution in [-0.2, 0) is 10.2 Å². The van der Waals surface area contributed by atoms with E-state index in [1.54, 1.807) is 18.2 Å². The number of rotatable bonds is 2. The standard InChI is InChI=1S/C15H16N2O2/c1-15(2)7-5-13(18)11-9-10(3-4-12(11)15)17-14(19)6-8-16/h3-4,9H,5-7H2,1-2H3,(H,17,19). The molecule has 0 fully saturated rings. The SMILES string of the molecule is CC1(C)CCC(=O)c2cc(NC(=O)CC#N)ccc21. The number of amides is 1. The smallest absolute Gasteiger partial charge is 0.238 e. The second-order valence-corrected chi connectivity index (χ2v) is 5.45. The van der Waals surface area contributed by atoms with Gasteiger partial charge in [0.2, 0.25) is 5.91 Å². The van der Waals surface area contributed by atoms with Crippen molar-refractivity contribution in [2.24, 2.45) is 0 Å². The van der Waals surface area contributed by atoms with Gasteiger partial charge in [0.05, 0.1) is 6.07 Å². The van der Waals surface area contributed by atoms with Gasteiger partial charge in [-0.1, -0.05) is 19.9 Å². The Labute approximate surface area is 112 Å². The maximum atomic E-state index is 12.0. The number of hydrogen-bond acceptors (Lipinski definition) is 3. The maximum Gasteiger partial charge on any atom is 0.238 e. The first-order valence-electron chi connectivity index (χ1n) is 6.28. The van der Waals surface area contributed by atoms with Crippen LogP contribution in [0.3, 0.4) is 0 Å². The third kappa shape index (κ3) is 2.65. The Kier molecular flexibility index (Phi) is 3.39. The number of carbonyl (C=O) groups is 2. The summed E-state index contributed by atoms with van der Waals surface area (Å²) in [4.78, 5) is 23.3. The highest BCUT2D eigenvalue weighted by atomic mass is 16.1. The fraction of sp³-hybridized carbons (Fsp3) is 0.400. The Hall–Kier alpha value is -2.15. The molecule has 1 aromatic rings. The van der Waals surface area contributed by atoms with E-state index in [-0.39, 0.29) is 23.5 Å². The lowest BCUT2D eigenvalue weighted by atomic mass is 9.72. The number of benzene rings is 1. The summed E-state index contributed by atoms with van der Waals surface area (Å²) in [6.07, 6.45) is 1.20. The number of fused-ring (bicyclic) bond motifs is 1. The molecule has 0 unspecified atom stereocenters. The number of carbonyl (C=O) groups excluding carboxylic acids is 2. The van der Waals surface area contributed by atoms with Crippen LogP contribution in [0.1, 0.15) is 49.0 Å². The summed E-state index contributed by atoms with van der Waals surface area (Å²) in [5.41, 5.74) is 2.27. The van der Waals surface area contributed by atoms with E-state index in [1.807, 2.05) is 6.07 Å². The highest BCUT2D eigenvalue weighted by Crippen LogP contribution is 2.37. The Bertz CT molecular complexity index is 582. The normalized spacial score (nSPS) is 16.4. The van der Waals surface area contributed by atoms with Crippen molar-refractivity contribution >= 4 is 17.4 Å². The molecule has 1 amide bonds. The van der Waals surface area contributed by atoms with Gasteiger partial charge in [-0.15, -0.1) is 0 Å². The monoisotopic (exact) mass is 256 g/mol. The van der Waals surface area contributed by atoms with E-state index < -0.39 is 0 Å². The second kappa shape index (κ2) is 4.85. The van der Waals surface area contributed by atoms with Crippen molar-refractivity contribution in [3.05, 3.63) is 29.3 Å². The minimum absolute atomic E-state index is 0.0154. The van der Waals surface area contributed by atoms with Gasteiger partial charge in [0.15, 0.2) is 5.78 Å². The molecule has 0 heterocycles. The van der Waals surface area contributed by atoms with E-state index in [0.717, 1.165) is 12.0 Å². The van der Waals surface area contributed by atoms with E-state index in [4.69, 9.17) is 5.26 Å². The molecule has 1 aliphatic rings. The fourth-order valence-electron chi connectivity index (χ4n) is 2.42. The van der Waals surface area contributed by atoms with E-state index in [2.05, 4.69) is 19.2 Å². The van der Waals surface area contributed by atoms with Gasteiger partial charge in [-0.3, -0.25) is 9.59 Å². The van der Waals surface area contributed by atoms with Gasteiger partial charge in [0, 0.05) is 17.7 Å². The second-order valence-electron chi connectivity index (χ2n) is 5.45. The van der Waals surface area contributed by atoms with Gasteiger partial charge in [-0.2, -0.15) is 5.26 Å². The third-order valence-electron chi connectivity index (χ3n) is 3.55. The average Bonchev–Trinajstić information content (AvgIpc) is 2.35. The first-order valence-corrected chi connectivity index (χ1v) is 6.28. The molecule has 2 rings (SSSR count). The minimum atomic E-state index is -0.357. The predicted molar refractivity (Wildman–Crippen MR) is 71.9 cm³/mol. The molecule has 0 aromatic heterocycles. The van der Waals surface area contributed by atoms with Gasteiger partial charge >= 0.3 is 0 Å². The number of nitrogens with zero attached hydrogens (tertiary/aromatic N) is 1. The van der Waals surface area contributed by atoms with E-state index in [0.29, 0.717) is 17.7 Å². The quantitative estimate of drug-likeness (QED) is 0.884. The van der Waals surface area contributed by atoms with Crippen molar-refractivity contribution in [2.45, 2.75) is 38.5 Å². The number of ketones is 1. The van der Waals surface area contributed by atoms with Crippen LogP contribution < -0.4 is 5.32 Å². The molecule has 0 aliphatic heterocycles. The Morgan fingerprint density at radius 1 is 1.47 bits per heavy atom. The van der Waals surface area contributed by atoms with Crippen molar-refractivity contribution in [1.29, 1.82) is 5.26 Å². The zero-order chi connectivity index (χ0) is 14.0. The van der Waals surface area contributed by atoms with E-state index in [1.165, 1.54) is 0 Å². The lowest BCUT2D eigenvalue weighted by Crippen LogP contribution is -2.27. The molecule has 1 aliphatic carbocycles. The summed E-state index contributed by atoms with van der Waals surface area (Å²) in [5, 5.41) is 11.1. The van der Waals surface area contributed by atoms with Crippen LogP contribution in [0.4, 0.5) is 5.69 Å². The summed E-state index contributed by atoms with van der Waals surface area (Å²) in [6.45, 7) is 4.23. The zero-order valence-electron chi connectivity index (χ0n) is 11.1. The van der Waals surface area contributed by atoms with Gasteiger partial charge < -0.3 is 5.32 Å². The Morgan fingerprint density at radius 2 is 2.21 bits per heavy atom. The molecule has 1 N–H and O–H groups in total. The van der Waals surface area contributed by atoms with E-state index in [9.17, 15) is 9.59 Å². The molecule has 4 nitrogen and oxygen atoms in total. The topological polar surface area (TPSA) is 70.0 Å². The number of hydrogen-bond donors (Lipinski definition) is 1. The Morgan fingerprint density at radius 3 is 2.89 bits per heavy atom. The largest absolute Gasteiger partial charge is 0.325 e. The minimum Gasteiger partial charge on any atom is -0.325 e. The molecule has 0 radical (unpaired) electrons. The lowest BCUT2D eigenvalue weighted by Gasteiger charge is -2.31. The van der Waals surface area contributed by atoms with Crippen LogP contribution in [-0.4, -0.2) is 11.7 Å². The molecular formula is C15H16N2O2. The number of nitrogens with one attached hydrogen (secondary N) is 1. The summed E-state index contributed by atoms with van der Waals surface area (Å²) >= 11 is 0. The van der Waals surface area contributed by atoms with Crippen molar-refractivity contribution in [3.63, 3.8) is 0 Å². The lowest BCUT2D eigenvalue weighted by molar-refractivity contribution is -0.115. The molecule has 4 heteroatoms. The van der Waals surface area contributed by atoms with Crippen molar-refractivity contribution in [1.82, 2.24) is 0 Å². The number of nitriles is 1. The van der Waals surface area contributed by atoms with Gasteiger partial charge in [-0.05, 0) is 29.5 Å². The average molecular weight is 256 g/mol. The summed E-state index contributed by atoms with van der Waals surface area (Å²) < 4.78 is 0. The van der Waals surface area contributed by atoms with Crippen LogP contribution >= 0.6 is 0 Å². The van der Waals surface area contributed by atoms with Crippen LogP contribution in [0.25, 0.3) is 0 Å². The fourth-order valence-corrected chi connectivity index (χ4v) is 2.42. The van der Waals surface area contributed by atoms with Gasteiger partial charge in [0.1, 0.15) is 6.42 Å². The summed E-state index contributed by atoms with van der Waals surface area (Å²) in [6, 6.07) is 7.19. The third-order valence-corrected chi connectivity index (χ3v) is 3.55. The zero-order valence-corrected chi connectivity index (χ0v) is 11.1. The summed E-state index contributed by atoms with van der Waals surface area (Å²) in [5.74, 6) is -0.240.